The van der Waals surface area contributed by atoms with E-state index in [0.29, 0.717) is 31.1 Å². The molecule has 0 aromatic carbocycles. The maximum atomic E-state index is 12.5. The average Bonchev–Trinajstić information content (AvgIpc) is 2.78. The first-order chi connectivity index (χ1) is 9.74. The third-order valence-corrected chi connectivity index (χ3v) is 5.55. The van der Waals surface area contributed by atoms with Crippen LogP contribution in [-0.2, 0) is 14.8 Å². The van der Waals surface area contributed by atoms with Crippen molar-refractivity contribution in [2.75, 3.05) is 32.8 Å². The molecule has 1 saturated heterocycles. The van der Waals surface area contributed by atoms with Gasteiger partial charge in [0.05, 0.1) is 24.6 Å². The van der Waals surface area contributed by atoms with Gasteiger partial charge in [-0.25, -0.2) is 13.1 Å². The first kappa shape index (κ1) is 16.4. The van der Waals surface area contributed by atoms with Gasteiger partial charge < -0.3 is 4.74 Å². The van der Waals surface area contributed by atoms with Crippen LogP contribution in [0.15, 0.2) is 4.90 Å². The third-order valence-electron chi connectivity index (χ3n) is 3.89. The molecule has 1 aromatic rings. The van der Waals surface area contributed by atoms with Gasteiger partial charge in [-0.15, -0.1) is 0 Å². The number of sulfonamides is 1. The number of nitrogens with one attached hydrogen (secondary N) is 2. The number of H-pyrrole nitrogens is 1. The molecule has 0 saturated carbocycles. The molecule has 1 aliphatic heterocycles. The zero-order chi connectivity index (χ0) is 15.7. The van der Waals surface area contributed by atoms with Crippen molar-refractivity contribution in [3.05, 3.63) is 11.4 Å². The molecule has 1 aliphatic rings. The SMILES string of the molecule is Cc1n[nH]c(C)c1S(=O)(=O)NCC(C)(C)N1CCOCC1. The highest BCUT2D eigenvalue weighted by Gasteiger charge is 2.31. The van der Waals surface area contributed by atoms with Crippen LogP contribution in [0.2, 0.25) is 0 Å². The van der Waals surface area contributed by atoms with E-state index >= 15 is 0 Å². The van der Waals surface area contributed by atoms with E-state index in [-0.39, 0.29) is 10.4 Å². The van der Waals surface area contributed by atoms with E-state index in [1.807, 2.05) is 13.8 Å². The van der Waals surface area contributed by atoms with Crippen LogP contribution in [0.1, 0.15) is 25.2 Å². The van der Waals surface area contributed by atoms with E-state index in [1.165, 1.54) is 0 Å². The van der Waals surface area contributed by atoms with Gasteiger partial charge in [-0.3, -0.25) is 10.00 Å². The Morgan fingerprint density at radius 1 is 1.33 bits per heavy atom. The molecule has 7 nitrogen and oxygen atoms in total. The Morgan fingerprint density at radius 3 is 2.48 bits per heavy atom. The molecule has 0 atom stereocenters. The summed E-state index contributed by atoms with van der Waals surface area (Å²) in [5.74, 6) is 0. The van der Waals surface area contributed by atoms with Crippen LogP contribution in [0, 0.1) is 13.8 Å². The maximum Gasteiger partial charge on any atom is 0.244 e. The summed E-state index contributed by atoms with van der Waals surface area (Å²) in [4.78, 5) is 2.49. The Bertz CT molecular complexity index is 569. The Balaban J connectivity index is 2.07. The van der Waals surface area contributed by atoms with E-state index in [4.69, 9.17) is 4.74 Å². The summed E-state index contributed by atoms with van der Waals surface area (Å²) in [6.45, 7) is 10.8. The van der Waals surface area contributed by atoms with Gasteiger partial charge in [0.1, 0.15) is 4.90 Å². The number of nitrogens with zero attached hydrogens (tertiary/aromatic N) is 2. The Morgan fingerprint density at radius 2 is 1.95 bits per heavy atom. The topological polar surface area (TPSA) is 87.3 Å². The molecule has 0 bridgehead atoms. The van der Waals surface area contributed by atoms with E-state index in [9.17, 15) is 8.42 Å². The molecule has 21 heavy (non-hydrogen) atoms. The minimum absolute atomic E-state index is 0.250. The average molecular weight is 316 g/mol. The van der Waals surface area contributed by atoms with Crippen LogP contribution in [0.3, 0.4) is 0 Å². The van der Waals surface area contributed by atoms with Gasteiger partial charge in [0, 0.05) is 25.2 Å². The molecule has 2 heterocycles. The highest BCUT2D eigenvalue weighted by Crippen LogP contribution is 2.19. The van der Waals surface area contributed by atoms with Gasteiger partial charge in [0.15, 0.2) is 0 Å². The monoisotopic (exact) mass is 316 g/mol. The first-order valence-corrected chi connectivity index (χ1v) is 8.56. The van der Waals surface area contributed by atoms with E-state index in [2.05, 4.69) is 19.8 Å². The van der Waals surface area contributed by atoms with E-state index in [0.717, 1.165) is 13.1 Å². The lowest BCUT2D eigenvalue weighted by molar-refractivity contribution is -0.00803. The second-order valence-electron chi connectivity index (χ2n) is 6.00. The fraction of sp³-hybridized carbons (Fsp3) is 0.769. The zero-order valence-electron chi connectivity index (χ0n) is 13.1. The summed E-state index contributed by atoms with van der Waals surface area (Å²) >= 11 is 0. The highest BCUT2D eigenvalue weighted by atomic mass is 32.2. The molecular formula is C13H24N4O3S. The van der Waals surface area contributed by atoms with Gasteiger partial charge in [0.2, 0.25) is 10.0 Å². The summed E-state index contributed by atoms with van der Waals surface area (Å²) < 4.78 is 32.9. The fourth-order valence-corrected chi connectivity index (χ4v) is 4.13. The molecule has 2 rings (SSSR count). The smallest absolute Gasteiger partial charge is 0.244 e. The van der Waals surface area contributed by atoms with Crippen LogP contribution in [0.5, 0.6) is 0 Å². The molecule has 120 valence electrons. The van der Waals surface area contributed by atoms with Crippen molar-refractivity contribution in [2.24, 2.45) is 0 Å². The van der Waals surface area contributed by atoms with Crippen molar-refractivity contribution in [2.45, 2.75) is 38.1 Å². The highest BCUT2D eigenvalue weighted by molar-refractivity contribution is 7.89. The standard InChI is InChI=1S/C13H24N4O3S/c1-10-12(11(2)16-15-10)21(18,19)14-9-13(3,4)17-5-7-20-8-6-17/h14H,5-9H2,1-4H3,(H,15,16). The van der Waals surface area contributed by atoms with Crippen molar-refractivity contribution in [1.82, 2.24) is 19.8 Å². The quantitative estimate of drug-likeness (QED) is 0.822. The van der Waals surface area contributed by atoms with Crippen LogP contribution in [-0.4, -0.2) is 61.9 Å². The summed E-state index contributed by atoms with van der Waals surface area (Å²) in [5.41, 5.74) is 0.788. The number of aromatic nitrogens is 2. The second-order valence-corrected chi connectivity index (χ2v) is 7.70. The second kappa shape index (κ2) is 6.04. The Kier molecular flexibility index (Phi) is 4.72. The number of morpholine rings is 1. The minimum atomic E-state index is -3.55. The number of ether oxygens (including phenoxy) is 1. The first-order valence-electron chi connectivity index (χ1n) is 7.08. The summed E-state index contributed by atoms with van der Waals surface area (Å²) in [7, 11) is -3.55. The van der Waals surface area contributed by atoms with Crippen molar-refractivity contribution < 1.29 is 13.2 Å². The molecule has 1 aromatic heterocycles. The number of rotatable bonds is 5. The van der Waals surface area contributed by atoms with Crippen molar-refractivity contribution in [1.29, 1.82) is 0 Å². The molecule has 0 spiro atoms. The maximum absolute atomic E-state index is 12.5. The van der Waals surface area contributed by atoms with Gasteiger partial charge in [0.25, 0.3) is 0 Å². The van der Waals surface area contributed by atoms with Crippen LogP contribution >= 0.6 is 0 Å². The number of hydrogen-bond acceptors (Lipinski definition) is 5. The molecule has 1 fully saturated rings. The Labute approximate surface area is 126 Å². The largest absolute Gasteiger partial charge is 0.379 e. The number of hydrogen-bond donors (Lipinski definition) is 2. The van der Waals surface area contributed by atoms with Crippen LogP contribution in [0.25, 0.3) is 0 Å². The van der Waals surface area contributed by atoms with Crippen molar-refractivity contribution in [3.63, 3.8) is 0 Å². The molecular weight excluding hydrogens is 292 g/mol. The van der Waals surface area contributed by atoms with E-state index < -0.39 is 10.0 Å². The summed E-state index contributed by atoms with van der Waals surface area (Å²) in [6.07, 6.45) is 0. The predicted molar refractivity (Wildman–Crippen MR) is 79.7 cm³/mol. The normalized spacial score (nSPS) is 18.1. The van der Waals surface area contributed by atoms with Crippen molar-refractivity contribution >= 4 is 10.0 Å². The molecule has 0 amide bonds. The van der Waals surface area contributed by atoms with Gasteiger partial charge in [-0.2, -0.15) is 5.10 Å². The molecule has 2 N–H and O–H groups in total. The number of aryl methyl sites for hydroxylation is 2. The molecule has 0 aliphatic carbocycles. The predicted octanol–water partition coefficient (Wildman–Crippen LogP) is 0.416. The van der Waals surface area contributed by atoms with Crippen molar-refractivity contribution in [3.8, 4) is 0 Å². The van der Waals surface area contributed by atoms with Gasteiger partial charge >= 0.3 is 0 Å². The molecule has 8 heteroatoms. The Hall–Kier alpha value is -0.960. The lowest BCUT2D eigenvalue weighted by Crippen LogP contribution is -2.55. The molecule has 0 unspecified atom stereocenters. The molecule has 0 radical (unpaired) electrons. The number of aromatic amines is 1. The summed E-state index contributed by atoms with van der Waals surface area (Å²) in [6, 6.07) is 0. The van der Waals surface area contributed by atoms with Gasteiger partial charge in [-0.1, -0.05) is 0 Å². The lowest BCUT2D eigenvalue weighted by Gasteiger charge is -2.40. The summed E-state index contributed by atoms with van der Waals surface area (Å²) in [5, 5.41) is 6.65. The van der Waals surface area contributed by atoms with E-state index in [1.54, 1.807) is 13.8 Å². The minimum Gasteiger partial charge on any atom is -0.379 e. The lowest BCUT2D eigenvalue weighted by atomic mass is 10.0. The fourth-order valence-electron chi connectivity index (χ4n) is 2.56. The third kappa shape index (κ3) is 3.63. The van der Waals surface area contributed by atoms with Crippen LogP contribution in [0.4, 0.5) is 0 Å². The van der Waals surface area contributed by atoms with Gasteiger partial charge in [-0.05, 0) is 27.7 Å². The van der Waals surface area contributed by atoms with Crippen LogP contribution < -0.4 is 4.72 Å². The zero-order valence-corrected chi connectivity index (χ0v) is 13.9.